The number of hydrogen-bond acceptors (Lipinski definition) is 3. The van der Waals surface area contributed by atoms with Crippen molar-refractivity contribution in [1.82, 2.24) is 0 Å². The molecule has 0 saturated heterocycles. The van der Waals surface area contributed by atoms with Crippen molar-refractivity contribution in [2.45, 2.75) is 6.61 Å². The molecule has 0 saturated carbocycles. The molecular weight excluding hydrogens is 269 g/mol. The summed E-state index contributed by atoms with van der Waals surface area (Å²) in [6.45, 7) is -0.0930. The normalized spacial score (nSPS) is 10.5. The Balaban J connectivity index is 1.88. The van der Waals surface area contributed by atoms with Crippen molar-refractivity contribution < 1.29 is 19.1 Å². The first-order valence-electron chi connectivity index (χ1n) is 5.62. The Morgan fingerprint density at radius 1 is 1.16 bits per heavy atom. The van der Waals surface area contributed by atoms with Crippen LogP contribution in [0.3, 0.4) is 0 Å². The molecule has 0 aromatic heterocycles. The van der Waals surface area contributed by atoms with Crippen LogP contribution in [0.5, 0.6) is 0 Å². The van der Waals surface area contributed by atoms with E-state index in [0.29, 0.717) is 16.0 Å². The van der Waals surface area contributed by atoms with Crippen molar-refractivity contribution in [3.05, 3.63) is 64.9 Å². The van der Waals surface area contributed by atoms with Crippen LogP contribution in [-0.2, 0) is 16.3 Å². The molecule has 0 heterocycles. The van der Waals surface area contributed by atoms with Crippen LogP contribution >= 0.6 is 11.6 Å². The summed E-state index contributed by atoms with van der Waals surface area (Å²) in [5.41, 5.74) is 0.807. The first-order chi connectivity index (χ1) is 9.16. The van der Waals surface area contributed by atoms with Gasteiger partial charge >= 0.3 is 7.12 Å². The maximum Gasteiger partial charge on any atom is 0.523 e. The molecule has 0 fully saturated rings. The standard InChI is InChI=1S/C13H11BClFO3/c15-12-6-3-5-11(8-12)14(17)19-18-9-10-4-1-2-7-13(10)16/h1-8,17H,9H2. The minimum atomic E-state index is -1.27. The predicted octanol–water partition coefficient (Wildman–Crippen LogP) is 2.32. The third-order valence-electron chi connectivity index (χ3n) is 2.47. The molecule has 3 nitrogen and oxygen atoms in total. The zero-order chi connectivity index (χ0) is 13.7. The van der Waals surface area contributed by atoms with Crippen LogP contribution in [-0.4, -0.2) is 12.1 Å². The molecule has 19 heavy (non-hydrogen) atoms. The SMILES string of the molecule is OB(OOCc1ccccc1F)c1cccc(Cl)c1. The van der Waals surface area contributed by atoms with Gasteiger partial charge in [0.05, 0.1) is 0 Å². The first kappa shape index (κ1) is 14.0. The lowest BCUT2D eigenvalue weighted by Gasteiger charge is -2.08. The maximum absolute atomic E-state index is 13.3. The topological polar surface area (TPSA) is 38.7 Å². The lowest BCUT2D eigenvalue weighted by molar-refractivity contribution is -0.231. The Kier molecular flexibility index (Phi) is 4.93. The van der Waals surface area contributed by atoms with Crippen molar-refractivity contribution in [3.63, 3.8) is 0 Å². The van der Waals surface area contributed by atoms with Crippen molar-refractivity contribution in [3.8, 4) is 0 Å². The van der Waals surface area contributed by atoms with E-state index in [4.69, 9.17) is 21.3 Å². The van der Waals surface area contributed by atoms with Crippen LogP contribution < -0.4 is 5.46 Å². The highest BCUT2D eigenvalue weighted by Gasteiger charge is 2.18. The van der Waals surface area contributed by atoms with Gasteiger partial charge in [-0.25, -0.2) is 9.28 Å². The molecule has 2 aromatic rings. The molecule has 0 aliphatic rings. The van der Waals surface area contributed by atoms with E-state index in [1.165, 1.54) is 6.07 Å². The number of hydrogen-bond donors (Lipinski definition) is 1. The molecule has 0 atom stereocenters. The van der Waals surface area contributed by atoms with Crippen molar-refractivity contribution in [2.75, 3.05) is 0 Å². The zero-order valence-electron chi connectivity index (χ0n) is 9.92. The van der Waals surface area contributed by atoms with E-state index in [9.17, 15) is 9.41 Å². The average molecular weight is 280 g/mol. The van der Waals surface area contributed by atoms with Gasteiger partial charge in [-0.2, -0.15) is 0 Å². The zero-order valence-corrected chi connectivity index (χ0v) is 10.7. The van der Waals surface area contributed by atoms with Crippen LogP contribution in [0.15, 0.2) is 48.5 Å². The predicted molar refractivity (Wildman–Crippen MR) is 71.3 cm³/mol. The lowest BCUT2D eigenvalue weighted by Crippen LogP contribution is -2.33. The average Bonchev–Trinajstić information content (AvgIpc) is 2.41. The molecule has 0 aliphatic carbocycles. The summed E-state index contributed by atoms with van der Waals surface area (Å²) >= 11 is 5.78. The summed E-state index contributed by atoms with van der Waals surface area (Å²) in [4.78, 5) is 9.60. The van der Waals surface area contributed by atoms with Crippen LogP contribution in [0.2, 0.25) is 5.02 Å². The number of benzene rings is 2. The van der Waals surface area contributed by atoms with Gasteiger partial charge in [-0.05, 0) is 23.7 Å². The number of rotatable bonds is 5. The molecule has 2 aromatic carbocycles. The van der Waals surface area contributed by atoms with E-state index in [1.54, 1.807) is 42.5 Å². The van der Waals surface area contributed by atoms with Gasteiger partial charge in [0.2, 0.25) is 0 Å². The van der Waals surface area contributed by atoms with Crippen LogP contribution in [0.1, 0.15) is 5.56 Å². The largest absolute Gasteiger partial charge is 0.523 e. The fourth-order valence-corrected chi connectivity index (χ4v) is 1.69. The minimum absolute atomic E-state index is 0.0930. The summed E-state index contributed by atoms with van der Waals surface area (Å²) in [6, 6.07) is 12.7. The molecule has 0 aliphatic heterocycles. The third kappa shape index (κ3) is 4.04. The Morgan fingerprint density at radius 3 is 2.68 bits per heavy atom. The van der Waals surface area contributed by atoms with Gasteiger partial charge in [0.25, 0.3) is 0 Å². The molecular formula is C13H11BClFO3. The van der Waals surface area contributed by atoms with Gasteiger partial charge in [-0.15, -0.1) is 0 Å². The van der Waals surface area contributed by atoms with Gasteiger partial charge < -0.3 is 5.02 Å². The molecule has 0 unspecified atom stereocenters. The molecule has 0 amide bonds. The molecule has 98 valence electrons. The van der Waals surface area contributed by atoms with E-state index >= 15 is 0 Å². The second-order valence-electron chi connectivity index (χ2n) is 3.86. The quantitative estimate of drug-likeness (QED) is 0.519. The summed E-state index contributed by atoms with van der Waals surface area (Å²) in [5.74, 6) is -0.386. The Labute approximate surface area is 115 Å². The molecule has 0 spiro atoms. The minimum Gasteiger partial charge on any atom is -0.422 e. The second kappa shape index (κ2) is 6.68. The van der Waals surface area contributed by atoms with Crippen LogP contribution in [0, 0.1) is 5.82 Å². The Hall–Kier alpha value is -1.40. The highest BCUT2D eigenvalue weighted by atomic mass is 35.5. The summed E-state index contributed by atoms with van der Waals surface area (Å²) in [7, 11) is -1.27. The van der Waals surface area contributed by atoms with E-state index in [1.807, 2.05) is 0 Å². The molecule has 6 heteroatoms. The van der Waals surface area contributed by atoms with Gasteiger partial charge in [0.1, 0.15) is 12.4 Å². The van der Waals surface area contributed by atoms with Gasteiger partial charge in [0.15, 0.2) is 0 Å². The highest BCUT2D eigenvalue weighted by molar-refractivity contribution is 6.60. The highest BCUT2D eigenvalue weighted by Crippen LogP contribution is 2.08. The fraction of sp³-hybridized carbons (Fsp3) is 0.0769. The first-order valence-corrected chi connectivity index (χ1v) is 6.00. The van der Waals surface area contributed by atoms with E-state index in [2.05, 4.69) is 0 Å². The molecule has 0 bridgehead atoms. The van der Waals surface area contributed by atoms with Crippen molar-refractivity contribution in [1.29, 1.82) is 0 Å². The summed E-state index contributed by atoms with van der Waals surface area (Å²) in [5, 5.41) is 10.2. The second-order valence-corrected chi connectivity index (χ2v) is 4.29. The smallest absolute Gasteiger partial charge is 0.422 e. The third-order valence-corrected chi connectivity index (χ3v) is 2.70. The van der Waals surface area contributed by atoms with Crippen molar-refractivity contribution >= 4 is 24.2 Å². The lowest BCUT2D eigenvalue weighted by atomic mass is 9.80. The van der Waals surface area contributed by atoms with E-state index in [-0.39, 0.29) is 12.4 Å². The van der Waals surface area contributed by atoms with Crippen LogP contribution in [0.25, 0.3) is 0 Å². The van der Waals surface area contributed by atoms with Gasteiger partial charge in [0, 0.05) is 10.6 Å². The van der Waals surface area contributed by atoms with E-state index in [0.717, 1.165) is 0 Å². The molecule has 2 rings (SSSR count). The van der Waals surface area contributed by atoms with Gasteiger partial charge in [-0.1, -0.05) is 41.9 Å². The monoisotopic (exact) mass is 280 g/mol. The van der Waals surface area contributed by atoms with Gasteiger partial charge in [-0.3, -0.25) is 4.81 Å². The van der Waals surface area contributed by atoms with Crippen molar-refractivity contribution in [2.24, 2.45) is 0 Å². The van der Waals surface area contributed by atoms with E-state index < -0.39 is 7.12 Å². The Bertz CT molecular complexity index is 553. The molecule has 0 radical (unpaired) electrons. The molecule has 1 N–H and O–H groups in total. The Morgan fingerprint density at radius 2 is 1.95 bits per heavy atom. The number of halogens is 2. The van der Waals surface area contributed by atoms with Crippen LogP contribution in [0.4, 0.5) is 4.39 Å². The summed E-state index contributed by atoms with van der Waals surface area (Å²) in [6.07, 6.45) is 0. The summed E-state index contributed by atoms with van der Waals surface area (Å²) < 4.78 is 13.3. The maximum atomic E-state index is 13.3. The fourth-order valence-electron chi connectivity index (χ4n) is 1.49.